The van der Waals surface area contributed by atoms with E-state index in [1.165, 1.54) is 6.20 Å². The second-order valence-electron chi connectivity index (χ2n) is 5.16. The first-order chi connectivity index (χ1) is 9.47. The van der Waals surface area contributed by atoms with Crippen LogP contribution < -0.4 is 5.73 Å². The van der Waals surface area contributed by atoms with E-state index in [2.05, 4.69) is 9.97 Å². The molecule has 7 heteroatoms. The summed E-state index contributed by atoms with van der Waals surface area (Å²) >= 11 is 0. The third kappa shape index (κ3) is 3.30. The van der Waals surface area contributed by atoms with Gasteiger partial charge in [0.2, 0.25) is 5.91 Å². The van der Waals surface area contributed by atoms with E-state index in [0.29, 0.717) is 31.9 Å². The van der Waals surface area contributed by atoms with Crippen molar-refractivity contribution in [1.82, 2.24) is 19.8 Å². The van der Waals surface area contributed by atoms with Gasteiger partial charge in [-0.1, -0.05) is 0 Å². The van der Waals surface area contributed by atoms with Gasteiger partial charge in [-0.15, -0.1) is 0 Å². The second-order valence-corrected chi connectivity index (χ2v) is 5.16. The number of aryl methyl sites for hydroxylation is 1. The lowest BCUT2D eigenvalue weighted by Crippen LogP contribution is -2.40. The van der Waals surface area contributed by atoms with Crippen LogP contribution in [-0.2, 0) is 4.79 Å². The molecular weight excluding hydrogens is 258 g/mol. The molecule has 0 saturated carbocycles. The highest BCUT2D eigenvalue weighted by atomic mass is 16.2. The highest BCUT2D eigenvalue weighted by Gasteiger charge is 2.28. The van der Waals surface area contributed by atoms with Crippen LogP contribution in [0.15, 0.2) is 12.4 Å². The van der Waals surface area contributed by atoms with Crippen LogP contribution in [0.2, 0.25) is 0 Å². The molecule has 0 aromatic carbocycles. The molecule has 1 aliphatic heterocycles. The van der Waals surface area contributed by atoms with Crippen molar-refractivity contribution < 1.29 is 9.59 Å². The molecule has 1 atom stereocenters. The Balaban J connectivity index is 2.15. The Morgan fingerprint density at radius 1 is 1.25 bits per heavy atom. The van der Waals surface area contributed by atoms with Gasteiger partial charge in [0.1, 0.15) is 5.69 Å². The molecule has 0 radical (unpaired) electrons. The molecule has 1 aromatic rings. The Hall–Kier alpha value is -2.02. The quantitative estimate of drug-likeness (QED) is 0.769. The molecule has 20 heavy (non-hydrogen) atoms. The summed E-state index contributed by atoms with van der Waals surface area (Å²) in [5.41, 5.74) is 6.44. The van der Waals surface area contributed by atoms with Gasteiger partial charge in [0, 0.05) is 32.4 Å². The van der Waals surface area contributed by atoms with Gasteiger partial charge >= 0.3 is 0 Å². The van der Waals surface area contributed by atoms with Crippen LogP contribution in [-0.4, -0.2) is 64.8 Å². The zero-order valence-corrected chi connectivity index (χ0v) is 11.7. The van der Waals surface area contributed by atoms with Crippen molar-refractivity contribution >= 4 is 11.8 Å². The summed E-state index contributed by atoms with van der Waals surface area (Å²) in [6, 6.07) is 0. The molecular formula is C13H19N5O2. The van der Waals surface area contributed by atoms with Gasteiger partial charge < -0.3 is 15.5 Å². The van der Waals surface area contributed by atoms with Crippen LogP contribution in [0.3, 0.4) is 0 Å². The fraction of sp³-hybridized carbons (Fsp3) is 0.538. The number of aromatic nitrogens is 2. The number of carbonyl (C=O) groups excluding carboxylic acids is 2. The van der Waals surface area contributed by atoms with E-state index < -0.39 is 0 Å². The summed E-state index contributed by atoms with van der Waals surface area (Å²) in [4.78, 5) is 35.6. The Kier molecular flexibility index (Phi) is 4.29. The summed E-state index contributed by atoms with van der Waals surface area (Å²) in [7, 11) is 1.91. The predicted molar refractivity (Wildman–Crippen MR) is 72.9 cm³/mol. The maximum absolute atomic E-state index is 12.4. The lowest BCUT2D eigenvalue weighted by molar-refractivity contribution is -0.122. The number of rotatable bonds is 2. The minimum atomic E-state index is -0.383. The summed E-state index contributed by atoms with van der Waals surface area (Å²) in [5.74, 6) is -0.949. The molecule has 1 fully saturated rings. The van der Waals surface area contributed by atoms with Crippen LogP contribution in [0, 0.1) is 12.8 Å². The highest BCUT2D eigenvalue weighted by Crippen LogP contribution is 2.11. The van der Waals surface area contributed by atoms with Crippen molar-refractivity contribution in [3.05, 3.63) is 23.8 Å². The van der Waals surface area contributed by atoms with Gasteiger partial charge in [0.05, 0.1) is 17.8 Å². The molecule has 2 amide bonds. The fourth-order valence-corrected chi connectivity index (χ4v) is 2.20. The standard InChI is InChI=1S/C13H19N5O2/c1-9-5-16-11(6-15-9)13(20)18-4-3-17(2)7-10(8-18)12(14)19/h5-6,10H,3-4,7-8H2,1-2H3,(H2,14,19)/t10-/m1/s1. The van der Waals surface area contributed by atoms with Gasteiger partial charge in [-0.2, -0.15) is 0 Å². The third-order valence-electron chi connectivity index (χ3n) is 3.41. The van der Waals surface area contributed by atoms with Crippen molar-refractivity contribution in [2.24, 2.45) is 11.7 Å². The topological polar surface area (TPSA) is 92.4 Å². The summed E-state index contributed by atoms with van der Waals surface area (Å²) in [6.45, 7) is 3.96. The van der Waals surface area contributed by atoms with E-state index >= 15 is 0 Å². The normalized spacial score (nSPS) is 20.5. The van der Waals surface area contributed by atoms with Crippen molar-refractivity contribution in [2.45, 2.75) is 6.92 Å². The predicted octanol–water partition coefficient (Wildman–Crippen LogP) is -0.726. The first-order valence-corrected chi connectivity index (χ1v) is 6.53. The SMILES string of the molecule is Cc1cnc(C(=O)N2CCN(C)C[C@@H](C(N)=O)C2)cn1. The van der Waals surface area contributed by atoms with E-state index in [-0.39, 0.29) is 17.7 Å². The number of hydrogen-bond acceptors (Lipinski definition) is 5. The Bertz CT molecular complexity index is 502. The Morgan fingerprint density at radius 2 is 2.00 bits per heavy atom. The monoisotopic (exact) mass is 277 g/mol. The number of likely N-dealkylation sites (N-methyl/N-ethyl adjacent to an activating group) is 1. The number of carbonyl (C=O) groups is 2. The van der Waals surface area contributed by atoms with Crippen LogP contribution in [0.4, 0.5) is 0 Å². The van der Waals surface area contributed by atoms with Gasteiger partial charge in [0.25, 0.3) is 5.91 Å². The van der Waals surface area contributed by atoms with Gasteiger partial charge in [0.15, 0.2) is 0 Å². The van der Waals surface area contributed by atoms with Crippen molar-refractivity contribution in [3.8, 4) is 0 Å². The van der Waals surface area contributed by atoms with E-state index in [0.717, 1.165) is 5.69 Å². The number of amides is 2. The van der Waals surface area contributed by atoms with E-state index in [1.54, 1.807) is 11.1 Å². The Labute approximate surface area is 117 Å². The number of hydrogen-bond donors (Lipinski definition) is 1. The summed E-state index contributed by atoms with van der Waals surface area (Å²) in [5, 5.41) is 0. The Morgan fingerprint density at radius 3 is 2.60 bits per heavy atom. The largest absolute Gasteiger partial charge is 0.369 e. The molecule has 108 valence electrons. The second kappa shape index (κ2) is 5.96. The van der Waals surface area contributed by atoms with Gasteiger partial charge in [-0.05, 0) is 14.0 Å². The maximum atomic E-state index is 12.4. The van der Waals surface area contributed by atoms with Crippen LogP contribution in [0.5, 0.6) is 0 Å². The molecule has 0 spiro atoms. The minimum Gasteiger partial charge on any atom is -0.369 e. The number of primary amides is 1. The molecule has 2 heterocycles. The van der Waals surface area contributed by atoms with Crippen molar-refractivity contribution in [3.63, 3.8) is 0 Å². The fourth-order valence-electron chi connectivity index (χ4n) is 2.20. The van der Waals surface area contributed by atoms with Crippen molar-refractivity contribution in [1.29, 1.82) is 0 Å². The maximum Gasteiger partial charge on any atom is 0.274 e. The van der Waals surface area contributed by atoms with Crippen molar-refractivity contribution in [2.75, 3.05) is 33.2 Å². The van der Waals surface area contributed by atoms with Crippen LogP contribution in [0.1, 0.15) is 16.2 Å². The lowest BCUT2D eigenvalue weighted by atomic mass is 10.1. The molecule has 2 rings (SSSR count). The van der Waals surface area contributed by atoms with Crippen LogP contribution >= 0.6 is 0 Å². The molecule has 1 aliphatic rings. The zero-order chi connectivity index (χ0) is 14.7. The van der Waals surface area contributed by atoms with E-state index in [4.69, 9.17) is 5.73 Å². The highest BCUT2D eigenvalue weighted by molar-refractivity contribution is 5.92. The third-order valence-corrected chi connectivity index (χ3v) is 3.41. The van der Waals surface area contributed by atoms with E-state index in [1.807, 2.05) is 18.9 Å². The van der Waals surface area contributed by atoms with E-state index in [9.17, 15) is 9.59 Å². The summed E-state index contributed by atoms with van der Waals surface area (Å²) in [6.07, 6.45) is 3.02. The lowest BCUT2D eigenvalue weighted by Gasteiger charge is -2.22. The molecule has 0 bridgehead atoms. The molecule has 1 saturated heterocycles. The first-order valence-electron chi connectivity index (χ1n) is 6.53. The molecule has 2 N–H and O–H groups in total. The zero-order valence-electron chi connectivity index (χ0n) is 11.7. The number of nitrogens with zero attached hydrogens (tertiary/aromatic N) is 4. The average Bonchev–Trinajstić information content (AvgIpc) is 2.61. The van der Waals surface area contributed by atoms with Crippen LogP contribution in [0.25, 0.3) is 0 Å². The van der Waals surface area contributed by atoms with Gasteiger partial charge in [-0.25, -0.2) is 4.98 Å². The smallest absolute Gasteiger partial charge is 0.274 e. The minimum absolute atomic E-state index is 0.209. The average molecular weight is 277 g/mol. The number of nitrogens with two attached hydrogens (primary N) is 1. The molecule has 0 unspecified atom stereocenters. The molecule has 1 aromatic heterocycles. The first kappa shape index (κ1) is 14.4. The molecule has 0 aliphatic carbocycles. The van der Waals surface area contributed by atoms with Gasteiger partial charge in [-0.3, -0.25) is 14.6 Å². The summed E-state index contributed by atoms with van der Waals surface area (Å²) < 4.78 is 0. The molecule has 7 nitrogen and oxygen atoms in total.